The molecule has 0 saturated heterocycles. The van der Waals surface area contributed by atoms with Crippen LogP contribution in [-0.4, -0.2) is 6.04 Å². The molecule has 1 nitrogen and oxygen atoms in total. The second-order valence-electron chi connectivity index (χ2n) is 3.27. The van der Waals surface area contributed by atoms with Gasteiger partial charge >= 0.3 is 0 Å². The Hall–Kier alpha value is -0.530. The molecule has 1 aromatic carbocycles. The summed E-state index contributed by atoms with van der Waals surface area (Å²) in [5.74, 6) is 0. The molecule has 66 valence electrons. The molecule has 0 saturated carbocycles. The average Bonchev–Trinajstić information content (AvgIpc) is 2.03. The molecule has 0 aliphatic heterocycles. The summed E-state index contributed by atoms with van der Waals surface area (Å²) < 4.78 is 0. The van der Waals surface area contributed by atoms with E-state index in [0.717, 1.165) is 17.9 Å². The number of aryl methyl sites for hydroxylation is 1. The smallest absolute Gasteiger partial charge is 0.0818 e. The van der Waals surface area contributed by atoms with Gasteiger partial charge < -0.3 is 5.73 Å². The Morgan fingerprint density at radius 1 is 1.33 bits per heavy atom. The molecule has 0 heterocycles. The predicted octanol–water partition coefficient (Wildman–Crippen LogP) is 1.90. The van der Waals surface area contributed by atoms with E-state index in [-0.39, 0.29) is 0 Å². The lowest BCUT2D eigenvalue weighted by Gasteiger charge is -2.02. The van der Waals surface area contributed by atoms with Crippen LogP contribution in [0.1, 0.15) is 18.9 Å². The lowest BCUT2D eigenvalue weighted by molar-refractivity contribution is -0.415. The van der Waals surface area contributed by atoms with E-state index in [2.05, 4.69) is 24.8 Å². The molecule has 0 aliphatic rings. The van der Waals surface area contributed by atoms with Crippen LogP contribution in [0, 0.1) is 0 Å². The lowest BCUT2D eigenvalue weighted by Crippen LogP contribution is -2.59. The molecule has 1 atom stereocenters. The Bertz CT molecular complexity index is 228. The maximum atomic E-state index is 5.76. The van der Waals surface area contributed by atoms with Gasteiger partial charge in [0.15, 0.2) is 0 Å². The molecule has 0 radical (unpaired) electrons. The van der Waals surface area contributed by atoms with Gasteiger partial charge in [0.2, 0.25) is 0 Å². The van der Waals surface area contributed by atoms with Gasteiger partial charge in [-0.3, -0.25) is 0 Å². The first kappa shape index (κ1) is 9.56. The summed E-state index contributed by atoms with van der Waals surface area (Å²) in [6.07, 6.45) is 2.24. The molecule has 0 fully saturated rings. The molecule has 1 rings (SSSR count). The molecule has 1 aromatic rings. The minimum Gasteiger partial charge on any atom is -0.355 e. The maximum Gasteiger partial charge on any atom is 0.0818 e. The van der Waals surface area contributed by atoms with Gasteiger partial charge in [-0.2, -0.15) is 0 Å². The number of rotatable bonds is 3. The van der Waals surface area contributed by atoms with Crippen molar-refractivity contribution in [2.24, 2.45) is 0 Å². The highest BCUT2D eigenvalue weighted by Crippen LogP contribution is 2.10. The maximum absolute atomic E-state index is 5.76. The molecule has 12 heavy (non-hydrogen) atoms. The standard InChI is InChI=1S/C10H14ClN/c1-8(12)2-3-9-4-6-10(11)7-5-9/h4-8H,2-3,12H2,1H3/p+1/t8-/m1/s1. The average molecular weight is 185 g/mol. The summed E-state index contributed by atoms with van der Waals surface area (Å²) in [5, 5.41) is 0.807. The molecule has 0 aliphatic carbocycles. The first-order valence-electron chi connectivity index (χ1n) is 4.26. The van der Waals surface area contributed by atoms with Crippen molar-refractivity contribution < 1.29 is 5.73 Å². The van der Waals surface area contributed by atoms with Crippen LogP contribution in [0.4, 0.5) is 0 Å². The highest BCUT2D eigenvalue weighted by atomic mass is 35.5. The molecule has 0 unspecified atom stereocenters. The van der Waals surface area contributed by atoms with E-state index in [0.29, 0.717) is 6.04 Å². The third-order valence-electron chi connectivity index (χ3n) is 1.84. The first-order valence-corrected chi connectivity index (χ1v) is 4.64. The van der Waals surface area contributed by atoms with E-state index >= 15 is 0 Å². The van der Waals surface area contributed by atoms with Gasteiger partial charge in [-0.05, 0) is 31.0 Å². The number of halogens is 1. The molecule has 3 N–H and O–H groups in total. The van der Waals surface area contributed by atoms with Gasteiger partial charge in [0.1, 0.15) is 0 Å². The van der Waals surface area contributed by atoms with Crippen molar-refractivity contribution in [2.75, 3.05) is 0 Å². The van der Waals surface area contributed by atoms with Crippen molar-refractivity contribution in [3.8, 4) is 0 Å². The summed E-state index contributed by atoms with van der Waals surface area (Å²) in [6.45, 7) is 2.13. The zero-order valence-corrected chi connectivity index (χ0v) is 8.14. The van der Waals surface area contributed by atoms with Gasteiger partial charge in [-0.25, -0.2) is 0 Å². The third kappa shape index (κ3) is 3.24. The van der Waals surface area contributed by atoms with E-state index in [1.165, 1.54) is 5.56 Å². The summed E-state index contributed by atoms with van der Waals surface area (Å²) in [7, 11) is 0. The number of quaternary nitrogens is 1. The molecule has 0 aromatic heterocycles. The van der Waals surface area contributed by atoms with Crippen LogP contribution in [0.3, 0.4) is 0 Å². The van der Waals surface area contributed by atoms with E-state index in [1.807, 2.05) is 12.1 Å². The zero-order valence-electron chi connectivity index (χ0n) is 7.39. The van der Waals surface area contributed by atoms with Gasteiger partial charge in [0, 0.05) is 11.4 Å². The topological polar surface area (TPSA) is 27.6 Å². The van der Waals surface area contributed by atoms with Crippen LogP contribution in [0.5, 0.6) is 0 Å². The number of hydrogen-bond donors (Lipinski definition) is 1. The zero-order chi connectivity index (χ0) is 8.97. The lowest BCUT2D eigenvalue weighted by atomic mass is 10.1. The summed E-state index contributed by atoms with van der Waals surface area (Å²) in [5.41, 5.74) is 5.29. The molecule has 0 bridgehead atoms. The highest BCUT2D eigenvalue weighted by Gasteiger charge is 1.98. The summed E-state index contributed by atoms with van der Waals surface area (Å²) >= 11 is 5.76. The summed E-state index contributed by atoms with van der Waals surface area (Å²) in [6, 6.07) is 8.55. The van der Waals surface area contributed by atoms with E-state index in [9.17, 15) is 0 Å². The van der Waals surface area contributed by atoms with Gasteiger partial charge in [0.25, 0.3) is 0 Å². The van der Waals surface area contributed by atoms with E-state index < -0.39 is 0 Å². The Labute approximate surface area is 78.5 Å². The highest BCUT2D eigenvalue weighted by molar-refractivity contribution is 6.30. The SMILES string of the molecule is C[C@@H]([NH3+])CCc1ccc(Cl)cc1. The van der Waals surface area contributed by atoms with Crippen LogP contribution in [0.15, 0.2) is 24.3 Å². The van der Waals surface area contributed by atoms with Crippen molar-refractivity contribution in [1.29, 1.82) is 0 Å². The normalized spacial score (nSPS) is 12.9. The van der Waals surface area contributed by atoms with E-state index in [4.69, 9.17) is 11.6 Å². The molecular formula is C10H15ClN+. The fourth-order valence-corrected chi connectivity index (χ4v) is 1.19. The van der Waals surface area contributed by atoms with Crippen LogP contribution in [0.25, 0.3) is 0 Å². The summed E-state index contributed by atoms with van der Waals surface area (Å²) in [4.78, 5) is 0. The molecule has 2 heteroatoms. The van der Waals surface area contributed by atoms with Gasteiger partial charge in [-0.1, -0.05) is 23.7 Å². The Morgan fingerprint density at radius 2 is 1.92 bits per heavy atom. The van der Waals surface area contributed by atoms with Crippen LogP contribution in [-0.2, 0) is 6.42 Å². The van der Waals surface area contributed by atoms with Crippen LogP contribution >= 0.6 is 11.6 Å². The molecular weight excluding hydrogens is 170 g/mol. The number of hydrogen-bond acceptors (Lipinski definition) is 0. The first-order chi connectivity index (χ1) is 5.68. The Balaban J connectivity index is 2.48. The predicted molar refractivity (Wildman–Crippen MR) is 52.1 cm³/mol. The van der Waals surface area contributed by atoms with Gasteiger partial charge in [-0.15, -0.1) is 0 Å². The largest absolute Gasteiger partial charge is 0.355 e. The minimum absolute atomic E-state index is 0.528. The van der Waals surface area contributed by atoms with Crippen LogP contribution in [0.2, 0.25) is 5.02 Å². The minimum atomic E-state index is 0.528. The van der Waals surface area contributed by atoms with Gasteiger partial charge in [0.05, 0.1) is 6.04 Å². The second-order valence-corrected chi connectivity index (χ2v) is 3.71. The van der Waals surface area contributed by atoms with Crippen molar-refractivity contribution in [2.45, 2.75) is 25.8 Å². The van der Waals surface area contributed by atoms with Crippen molar-refractivity contribution in [3.63, 3.8) is 0 Å². The fraction of sp³-hybridized carbons (Fsp3) is 0.400. The second kappa shape index (κ2) is 4.48. The van der Waals surface area contributed by atoms with Crippen molar-refractivity contribution in [3.05, 3.63) is 34.9 Å². The molecule has 0 spiro atoms. The Morgan fingerprint density at radius 3 is 2.42 bits per heavy atom. The monoisotopic (exact) mass is 184 g/mol. The Kier molecular flexibility index (Phi) is 3.57. The quantitative estimate of drug-likeness (QED) is 0.744. The fourth-order valence-electron chi connectivity index (χ4n) is 1.06. The molecule has 0 amide bonds. The number of benzene rings is 1. The van der Waals surface area contributed by atoms with Crippen LogP contribution < -0.4 is 5.73 Å². The van der Waals surface area contributed by atoms with Crippen molar-refractivity contribution in [1.82, 2.24) is 0 Å². The van der Waals surface area contributed by atoms with Crippen molar-refractivity contribution >= 4 is 11.6 Å². The third-order valence-corrected chi connectivity index (χ3v) is 2.09. The van der Waals surface area contributed by atoms with E-state index in [1.54, 1.807) is 0 Å².